The second-order valence-electron chi connectivity index (χ2n) is 8.49. The standard InChI is InChI=1S/C27H36N2O3/c1-2-3-4-7-12-21-32-23-17-15-22(16-18-23)26(30)28-25-14-9-8-13-24(25)27(31)29-19-10-5-6-11-20-29/h8-9,13-18H,2-7,10-12,19-21H2,1H3,(H,28,30). The summed E-state index contributed by atoms with van der Waals surface area (Å²) in [6, 6.07) is 14.5. The maximum absolute atomic E-state index is 13.1. The molecule has 172 valence electrons. The number of nitrogens with zero attached hydrogens (tertiary/aromatic N) is 1. The lowest BCUT2D eigenvalue weighted by molar-refractivity contribution is 0.0762. The fourth-order valence-corrected chi connectivity index (χ4v) is 4.02. The minimum absolute atomic E-state index is 0.00881. The molecule has 32 heavy (non-hydrogen) atoms. The Morgan fingerprint density at radius 3 is 2.28 bits per heavy atom. The Balaban J connectivity index is 1.57. The average Bonchev–Trinajstić information content (AvgIpc) is 3.11. The van der Waals surface area contributed by atoms with Gasteiger partial charge >= 0.3 is 0 Å². The summed E-state index contributed by atoms with van der Waals surface area (Å²) in [4.78, 5) is 27.8. The number of carbonyl (C=O) groups is 2. The fraction of sp³-hybridized carbons (Fsp3) is 0.481. The summed E-state index contributed by atoms with van der Waals surface area (Å²) in [7, 11) is 0. The Morgan fingerprint density at radius 1 is 0.875 bits per heavy atom. The molecule has 1 saturated heterocycles. The zero-order valence-electron chi connectivity index (χ0n) is 19.3. The van der Waals surface area contributed by atoms with Gasteiger partial charge in [-0.3, -0.25) is 9.59 Å². The highest BCUT2D eigenvalue weighted by Crippen LogP contribution is 2.21. The van der Waals surface area contributed by atoms with Crippen molar-refractivity contribution in [1.82, 2.24) is 4.90 Å². The largest absolute Gasteiger partial charge is 0.494 e. The van der Waals surface area contributed by atoms with Crippen LogP contribution in [0.5, 0.6) is 5.75 Å². The molecule has 1 N–H and O–H groups in total. The third-order valence-electron chi connectivity index (χ3n) is 5.93. The maximum atomic E-state index is 13.1. The van der Waals surface area contributed by atoms with Crippen molar-refractivity contribution >= 4 is 17.5 Å². The molecule has 2 amide bonds. The first kappa shape index (κ1) is 23.8. The SMILES string of the molecule is CCCCCCCOc1ccc(C(=O)Nc2ccccc2C(=O)N2CCCCCC2)cc1. The van der Waals surface area contributed by atoms with E-state index in [0.717, 1.165) is 38.1 Å². The zero-order valence-corrected chi connectivity index (χ0v) is 19.3. The van der Waals surface area contributed by atoms with E-state index in [1.807, 2.05) is 29.2 Å². The summed E-state index contributed by atoms with van der Waals surface area (Å²) >= 11 is 0. The molecule has 0 atom stereocenters. The lowest BCUT2D eigenvalue weighted by atomic mass is 10.1. The minimum atomic E-state index is -0.229. The topological polar surface area (TPSA) is 58.6 Å². The quantitative estimate of drug-likeness (QED) is 0.444. The van der Waals surface area contributed by atoms with Crippen molar-refractivity contribution in [2.24, 2.45) is 0 Å². The first-order valence-corrected chi connectivity index (χ1v) is 12.1. The van der Waals surface area contributed by atoms with Crippen molar-refractivity contribution in [3.63, 3.8) is 0 Å². The lowest BCUT2D eigenvalue weighted by Crippen LogP contribution is -2.32. The van der Waals surface area contributed by atoms with Gasteiger partial charge in [0.1, 0.15) is 5.75 Å². The predicted octanol–water partition coefficient (Wildman–Crippen LogP) is 6.30. The first-order valence-electron chi connectivity index (χ1n) is 12.1. The van der Waals surface area contributed by atoms with Crippen LogP contribution in [0.2, 0.25) is 0 Å². The van der Waals surface area contributed by atoms with Crippen molar-refractivity contribution < 1.29 is 14.3 Å². The third kappa shape index (κ3) is 7.11. The van der Waals surface area contributed by atoms with Crippen LogP contribution in [-0.4, -0.2) is 36.4 Å². The molecule has 0 saturated carbocycles. The molecule has 1 aliphatic heterocycles. The molecule has 1 heterocycles. The highest BCUT2D eigenvalue weighted by Gasteiger charge is 2.20. The number of carbonyl (C=O) groups excluding carboxylic acids is 2. The molecule has 1 fully saturated rings. The van der Waals surface area contributed by atoms with Gasteiger partial charge in [-0.15, -0.1) is 0 Å². The van der Waals surface area contributed by atoms with E-state index in [4.69, 9.17) is 4.74 Å². The average molecular weight is 437 g/mol. The number of hydrogen-bond donors (Lipinski definition) is 1. The van der Waals surface area contributed by atoms with Gasteiger partial charge in [-0.25, -0.2) is 0 Å². The smallest absolute Gasteiger partial charge is 0.255 e. The summed E-state index contributed by atoms with van der Waals surface area (Å²) in [5.41, 5.74) is 1.64. The van der Waals surface area contributed by atoms with Gasteiger partial charge < -0.3 is 15.0 Å². The molecule has 2 aromatic carbocycles. The van der Waals surface area contributed by atoms with Gasteiger partial charge in [-0.05, 0) is 55.7 Å². The van der Waals surface area contributed by atoms with Crippen molar-refractivity contribution in [3.05, 3.63) is 59.7 Å². The third-order valence-corrected chi connectivity index (χ3v) is 5.93. The number of amides is 2. The Kier molecular flexibility index (Phi) is 9.60. The fourth-order valence-electron chi connectivity index (χ4n) is 4.02. The van der Waals surface area contributed by atoms with Crippen LogP contribution in [0.15, 0.2) is 48.5 Å². The summed E-state index contributed by atoms with van der Waals surface area (Å²) in [5.74, 6) is 0.534. The summed E-state index contributed by atoms with van der Waals surface area (Å²) in [6.45, 7) is 4.46. The first-order chi connectivity index (χ1) is 15.7. The molecular formula is C27H36N2O3. The maximum Gasteiger partial charge on any atom is 0.255 e. The number of para-hydroxylation sites is 1. The van der Waals surface area contributed by atoms with Crippen LogP contribution in [-0.2, 0) is 0 Å². The van der Waals surface area contributed by atoms with Crippen molar-refractivity contribution in [2.45, 2.75) is 64.7 Å². The lowest BCUT2D eigenvalue weighted by Gasteiger charge is -2.22. The van der Waals surface area contributed by atoms with Gasteiger partial charge in [-0.2, -0.15) is 0 Å². The van der Waals surface area contributed by atoms with Crippen LogP contribution >= 0.6 is 0 Å². The van der Waals surface area contributed by atoms with E-state index in [1.165, 1.54) is 38.5 Å². The van der Waals surface area contributed by atoms with Crippen LogP contribution in [0.4, 0.5) is 5.69 Å². The van der Waals surface area contributed by atoms with E-state index < -0.39 is 0 Å². The van der Waals surface area contributed by atoms with Crippen LogP contribution in [0, 0.1) is 0 Å². The minimum Gasteiger partial charge on any atom is -0.494 e. The van der Waals surface area contributed by atoms with E-state index in [1.54, 1.807) is 24.3 Å². The van der Waals surface area contributed by atoms with Gasteiger partial charge in [0, 0.05) is 18.7 Å². The monoisotopic (exact) mass is 436 g/mol. The molecule has 0 bridgehead atoms. The van der Waals surface area contributed by atoms with Gasteiger partial charge in [0.05, 0.1) is 17.9 Å². The number of rotatable bonds is 10. The van der Waals surface area contributed by atoms with Crippen LogP contribution < -0.4 is 10.1 Å². The number of anilines is 1. The highest BCUT2D eigenvalue weighted by molar-refractivity contribution is 6.09. The van der Waals surface area contributed by atoms with E-state index in [2.05, 4.69) is 12.2 Å². The second-order valence-corrected chi connectivity index (χ2v) is 8.49. The molecule has 3 rings (SSSR count). The van der Waals surface area contributed by atoms with Crippen molar-refractivity contribution in [2.75, 3.05) is 25.0 Å². The number of unbranched alkanes of at least 4 members (excludes halogenated alkanes) is 4. The Morgan fingerprint density at radius 2 is 1.56 bits per heavy atom. The Bertz CT molecular complexity index is 855. The van der Waals surface area contributed by atoms with E-state index in [0.29, 0.717) is 23.4 Å². The molecule has 0 aromatic heterocycles. The van der Waals surface area contributed by atoms with Crippen LogP contribution in [0.3, 0.4) is 0 Å². The predicted molar refractivity (Wildman–Crippen MR) is 129 cm³/mol. The molecular weight excluding hydrogens is 400 g/mol. The molecule has 0 spiro atoms. The second kappa shape index (κ2) is 12.9. The number of hydrogen-bond acceptors (Lipinski definition) is 3. The summed E-state index contributed by atoms with van der Waals surface area (Å²) < 4.78 is 5.79. The summed E-state index contributed by atoms with van der Waals surface area (Å²) in [6.07, 6.45) is 10.4. The van der Waals surface area contributed by atoms with Gasteiger partial charge in [-0.1, -0.05) is 57.6 Å². The summed E-state index contributed by atoms with van der Waals surface area (Å²) in [5, 5.41) is 2.93. The molecule has 5 heteroatoms. The molecule has 0 aliphatic carbocycles. The van der Waals surface area contributed by atoms with Gasteiger partial charge in [0.2, 0.25) is 0 Å². The van der Waals surface area contributed by atoms with Crippen LogP contribution in [0.25, 0.3) is 0 Å². The van der Waals surface area contributed by atoms with Crippen molar-refractivity contribution in [3.8, 4) is 5.75 Å². The van der Waals surface area contributed by atoms with E-state index in [9.17, 15) is 9.59 Å². The Labute approximate surface area is 192 Å². The molecule has 5 nitrogen and oxygen atoms in total. The number of ether oxygens (including phenoxy) is 1. The molecule has 0 radical (unpaired) electrons. The number of benzene rings is 2. The van der Waals surface area contributed by atoms with Crippen molar-refractivity contribution in [1.29, 1.82) is 0 Å². The molecule has 2 aromatic rings. The normalized spacial score (nSPS) is 14.0. The number of nitrogens with one attached hydrogen (secondary N) is 1. The molecule has 0 unspecified atom stereocenters. The highest BCUT2D eigenvalue weighted by atomic mass is 16.5. The van der Waals surface area contributed by atoms with Gasteiger partial charge in [0.25, 0.3) is 11.8 Å². The zero-order chi connectivity index (χ0) is 22.6. The van der Waals surface area contributed by atoms with Crippen LogP contribution in [0.1, 0.15) is 85.4 Å². The molecule has 1 aliphatic rings. The van der Waals surface area contributed by atoms with Gasteiger partial charge in [0.15, 0.2) is 0 Å². The number of likely N-dealkylation sites (tertiary alicyclic amines) is 1. The Hall–Kier alpha value is -2.82. The van der Waals surface area contributed by atoms with E-state index in [-0.39, 0.29) is 11.8 Å². The van der Waals surface area contributed by atoms with E-state index >= 15 is 0 Å².